The maximum absolute atomic E-state index is 13.8. The van der Waals surface area contributed by atoms with Crippen LogP contribution in [0.5, 0.6) is 0 Å². The van der Waals surface area contributed by atoms with Crippen molar-refractivity contribution in [2.45, 2.75) is 13.5 Å². The van der Waals surface area contributed by atoms with Crippen LogP contribution in [0, 0.1) is 12.7 Å². The van der Waals surface area contributed by atoms with Crippen molar-refractivity contribution >= 4 is 10.8 Å². The molecule has 3 aromatic carbocycles. The Morgan fingerprint density at radius 3 is 2.62 bits per heavy atom. The molecule has 0 bridgehead atoms. The van der Waals surface area contributed by atoms with Crippen molar-refractivity contribution in [3.05, 3.63) is 71.5 Å². The van der Waals surface area contributed by atoms with Crippen molar-refractivity contribution < 1.29 is 4.39 Å². The van der Waals surface area contributed by atoms with Crippen molar-refractivity contribution in [3.8, 4) is 11.1 Å². The van der Waals surface area contributed by atoms with Gasteiger partial charge in [0, 0.05) is 12.1 Å². The number of hydrogen-bond acceptors (Lipinski definition) is 1. The molecule has 0 spiro atoms. The fraction of sp³-hybridized carbons (Fsp3) is 0.158. The van der Waals surface area contributed by atoms with Crippen molar-refractivity contribution in [3.63, 3.8) is 0 Å². The highest BCUT2D eigenvalue weighted by Gasteiger charge is 2.10. The van der Waals surface area contributed by atoms with E-state index in [4.69, 9.17) is 0 Å². The summed E-state index contributed by atoms with van der Waals surface area (Å²) < 4.78 is 13.8. The van der Waals surface area contributed by atoms with E-state index in [0.717, 1.165) is 5.56 Å². The lowest BCUT2D eigenvalue weighted by Crippen LogP contribution is -2.07. The van der Waals surface area contributed by atoms with Crippen LogP contribution in [0.25, 0.3) is 21.9 Å². The molecule has 0 fully saturated rings. The summed E-state index contributed by atoms with van der Waals surface area (Å²) in [7, 11) is 1.83. The molecular weight excluding hydrogens is 261 g/mol. The zero-order chi connectivity index (χ0) is 14.8. The Kier molecular flexibility index (Phi) is 3.72. The van der Waals surface area contributed by atoms with E-state index >= 15 is 0 Å². The van der Waals surface area contributed by atoms with Crippen LogP contribution in [0.15, 0.2) is 54.6 Å². The summed E-state index contributed by atoms with van der Waals surface area (Å²) in [5, 5.41) is 5.43. The summed E-state index contributed by atoms with van der Waals surface area (Å²) in [5.41, 5.74) is 4.15. The molecule has 1 N–H and O–H groups in total. The Morgan fingerprint density at radius 1 is 1.00 bits per heavy atom. The van der Waals surface area contributed by atoms with Gasteiger partial charge in [0.15, 0.2) is 0 Å². The van der Waals surface area contributed by atoms with Gasteiger partial charge in [-0.05, 0) is 53.6 Å². The predicted molar refractivity (Wildman–Crippen MR) is 86.8 cm³/mol. The number of rotatable bonds is 3. The minimum absolute atomic E-state index is 0.161. The van der Waals surface area contributed by atoms with Gasteiger partial charge in [0.05, 0.1) is 0 Å². The lowest BCUT2D eigenvalue weighted by atomic mass is 9.93. The number of nitrogens with one attached hydrogen (secondary N) is 1. The number of fused-ring (bicyclic) bond motifs is 1. The minimum Gasteiger partial charge on any atom is -0.316 e. The van der Waals surface area contributed by atoms with Gasteiger partial charge >= 0.3 is 0 Å². The van der Waals surface area contributed by atoms with Crippen LogP contribution < -0.4 is 5.32 Å². The van der Waals surface area contributed by atoms with Gasteiger partial charge in [-0.15, -0.1) is 0 Å². The summed E-state index contributed by atoms with van der Waals surface area (Å²) >= 11 is 0. The van der Waals surface area contributed by atoms with Gasteiger partial charge in [0.25, 0.3) is 0 Å². The lowest BCUT2D eigenvalue weighted by Gasteiger charge is -2.12. The molecule has 106 valence electrons. The Bertz CT molecular complexity index is 793. The van der Waals surface area contributed by atoms with Crippen molar-refractivity contribution in [1.29, 1.82) is 0 Å². The molecule has 0 unspecified atom stereocenters. The van der Waals surface area contributed by atoms with E-state index in [1.165, 1.54) is 21.9 Å². The van der Waals surface area contributed by atoms with Crippen molar-refractivity contribution in [2.24, 2.45) is 0 Å². The maximum atomic E-state index is 13.8. The third kappa shape index (κ3) is 2.55. The number of halogens is 1. The van der Waals surface area contributed by atoms with Gasteiger partial charge in [0.1, 0.15) is 5.82 Å². The summed E-state index contributed by atoms with van der Waals surface area (Å²) in [6.45, 7) is 2.63. The summed E-state index contributed by atoms with van der Waals surface area (Å²) in [5.74, 6) is -0.161. The molecular formula is C19H18FN. The molecule has 0 aliphatic rings. The first-order chi connectivity index (χ1) is 10.2. The van der Waals surface area contributed by atoms with Gasteiger partial charge in [-0.2, -0.15) is 0 Å². The molecule has 0 saturated heterocycles. The van der Waals surface area contributed by atoms with Gasteiger partial charge in [-0.3, -0.25) is 0 Å². The predicted octanol–water partition coefficient (Wildman–Crippen LogP) is 4.67. The smallest absolute Gasteiger partial charge is 0.127 e. The molecule has 1 nitrogen and oxygen atoms in total. The average Bonchev–Trinajstić information content (AvgIpc) is 2.50. The minimum atomic E-state index is -0.161. The summed E-state index contributed by atoms with van der Waals surface area (Å²) in [6, 6.07) is 17.9. The summed E-state index contributed by atoms with van der Waals surface area (Å²) in [4.78, 5) is 0. The molecule has 0 aromatic heterocycles. The van der Waals surface area contributed by atoms with E-state index in [0.29, 0.717) is 12.1 Å². The number of benzene rings is 3. The van der Waals surface area contributed by atoms with E-state index in [1.54, 1.807) is 6.07 Å². The second-order valence-electron chi connectivity index (χ2n) is 5.32. The van der Waals surface area contributed by atoms with Gasteiger partial charge in [-0.1, -0.05) is 42.5 Å². The van der Waals surface area contributed by atoms with Gasteiger partial charge < -0.3 is 5.32 Å². The SMILES string of the molecule is CNCc1cc(-c2c(C)ccc3ccccc23)ccc1F. The second-order valence-corrected chi connectivity index (χ2v) is 5.32. The normalized spacial score (nSPS) is 11.0. The zero-order valence-electron chi connectivity index (χ0n) is 12.3. The van der Waals surface area contributed by atoms with E-state index in [-0.39, 0.29) is 5.82 Å². The molecule has 3 aromatic rings. The van der Waals surface area contributed by atoms with E-state index in [1.807, 2.05) is 31.3 Å². The van der Waals surface area contributed by atoms with Crippen LogP contribution in [-0.2, 0) is 6.54 Å². The number of aryl methyl sites for hydroxylation is 1. The monoisotopic (exact) mass is 279 g/mol. The maximum Gasteiger partial charge on any atom is 0.127 e. The van der Waals surface area contributed by atoms with Crippen LogP contribution in [0.1, 0.15) is 11.1 Å². The van der Waals surface area contributed by atoms with E-state index in [2.05, 4.69) is 36.5 Å². The average molecular weight is 279 g/mol. The standard InChI is InChI=1S/C19H18FN/c1-13-7-8-14-5-3-4-6-17(14)19(13)15-9-10-18(20)16(11-15)12-21-2/h3-11,21H,12H2,1-2H3. The van der Waals surface area contributed by atoms with Crippen LogP contribution in [0.3, 0.4) is 0 Å². The van der Waals surface area contributed by atoms with Crippen LogP contribution in [0.2, 0.25) is 0 Å². The number of hydrogen-bond donors (Lipinski definition) is 1. The van der Waals surface area contributed by atoms with Crippen LogP contribution in [0.4, 0.5) is 4.39 Å². The molecule has 2 heteroatoms. The molecule has 0 aliphatic heterocycles. The molecule has 0 radical (unpaired) electrons. The van der Waals surface area contributed by atoms with E-state index in [9.17, 15) is 4.39 Å². The second kappa shape index (κ2) is 5.66. The Morgan fingerprint density at radius 2 is 1.81 bits per heavy atom. The van der Waals surface area contributed by atoms with Gasteiger partial charge in [-0.25, -0.2) is 4.39 Å². The topological polar surface area (TPSA) is 12.0 Å². The van der Waals surface area contributed by atoms with Crippen LogP contribution in [-0.4, -0.2) is 7.05 Å². The van der Waals surface area contributed by atoms with Crippen LogP contribution >= 0.6 is 0 Å². The zero-order valence-corrected chi connectivity index (χ0v) is 12.3. The third-order valence-electron chi connectivity index (χ3n) is 3.84. The Balaban J connectivity index is 2.25. The largest absolute Gasteiger partial charge is 0.316 e. The molecule has 0 heterocycles. The highest BCUT2D eigenvalue weighted by molar-refractivity contribution is 5.98. The molecule has 0 amide bonds. The molecule has 0 atom stereocenters. The molecule has 21 heavy (non-hydrogen) atoms. The highest BCUT2D eigenvalue weighted by Crippen LogP contribution is 2.32. The first-order valence-corrected chi connectivity index (χ1v) is 7.12. The summed E-state index contributed by atoms with van der Waals surface area (Å²) in [6.07, 6.45) is 0. The fourth-order valence-corrected chi connectivity index (χ4v) is 2.82. The third-order valence-corrected chi connectivity index (χ3v) is 3.84. The lowest BCUT2D eigenvalue weighted by molar-refractivity contribution is 0.601. The first kappa shape index (κ1) is 13.8. The van der Waals surface area contributed by atoms with Crippen molar-refractivity contribution in [1.82, 2.24) is 5.32 Å². The van der Waals surface area contributed by atoms with E-state index < -0.39 is 0 Å². The highest BCUT2D eigenvalue weighted by atomic mass is 19.1. The quantitative estimate of drug-likeness (QED) is 0.734. The Labute approximate surface area is 124 Å². The van der Waals surface area contributed by atoms with Crippen molar-refractivity contribution in [2.75, 3.05) is 7.05 Å². The molecule has 0 saturated carbocycles. The fourth-order valence-electron chi connectivity index (χ4n) is 2.82. The van der Waals surface area contributed by atoms with Gasteiger partial charge in [0.2, 0.25) is 0 Å². The Hall–Kier alpha value is -2.19. The first-order valence-electron chi connectivity index (χ1n) is 7.12. The molecule has 3 rings (SSSR count). The molecule has 0 aliphatic carbocycles.